The minimum Gasteiger partial charge on any atom is -0.377 e. The van der Waals surface area contributed by atoms with Crippen LogP contribution in [0.15, 0.2) is 64.9 Å². The minimum atomic E-state index is -0.779. The number of benzene rings is 2. The Morgan fingerprint density at radius 1 is 1.26 bits per heavy atom. The van der Waals surface area contributed by atoms with Crippen LogP contribution in [0.2, 0.25) is 0 Å². The number of fused-ring (bicyclic) bond motifs is 1. The van der Waals surface area contributed by atoms with Gasteiger partial charge in [-0.1, -0.05) is 36.0 Å². The van der Waals surface area contributed by atoms with E-state index in [-0.39, 0.29) is 23.0 Å². The van der Waals surface area contributed by atoms with E-state index in [0.717, 1.165) is 33.1 Å². The maximum Gasteiger partial charge on any atom is 0.271 e. The molecule has 2 amide bonds. The maximum absolute atomic E-state index is 12.7. The molecule has 1 aromatic heterocycles. The van der Waals surface area contributed by atoms with Gasteiger partial charge < -0.3 is 10.7 Å². The molecular weight excluding hydrogens is 420 g/mol. The van der Waals surface area contributed by atoms with Crippen LogP contribution in [0.5, 0.6) is 0 Å². The molecule has 0 radical (unpaired) electrons. The zero-order chi connectivity index (χ0) is 22.0. The Labute approximate surface area is 180 Å². The molecule has 1 fully saturated rings. The molecule has 1 aliphatic rings. The summed E-state index contributed by atoms with van der Waals surface area (Å²) < 4.78 is 0. The first kappa shape index (κ1) is 20.3. The number of nitrogens with two attached hydrogens (primary N) is 1. The number of amidine groups is 1. The van der Waals surface area contributed by atoms with E-state index in [0.29, 0.717) is 0 Å². The van der Waals surface area contributed by atoms with Gasteiger partial charge in [-0.15, -0.1) is 5.10 Å². The number of amides is 2. The van der Waals surface area contributed by atoms with E-state index in [1.165, 1.54) is 24.3 Å². The highest BCUT2D eigenvalue weighted by Gasteiger charge is 2.41. The van der Waals surface area contributed by atoms with E-state index in [2.05, 4.69) is 15.2 Å². The van der Waals surface area contributed by atoms with Gasteiger partial charge in [-0.25, -0.2) is 4.90 Å². The van der Waals surface area contributed by atoms with Crippen molar-refractivity contribution in [3.8, 4) is 0 Å². The number of anilines is 1. The zero-order valence-corrected chi connectivity index (χ0v) is 16.8. The number of imide groups is 1. The first-order valence-corrected chi connectivity index (χ1v) is 10.0. The monoisotopic (exact) mass is 436 g/mol. The Kier molecular flexibility index (Phi) is 5.50. The lowest BCUT2D eigenvalue weighted by Crippen LogP contribution is -2.31. The van der Waals surface area contributed by atoms with Crippen LogP contribution in [-0.2, 0) is 9.59 Å². The van der Waals surface area contributed by atoms with Crippen molar-refractivity contribution < 1.29 is 14.5 Å². The number of para-hydroxylation sites is 1. The molecule has 1 atom stereocenters. The summed E-state index contributed by atoms with van der Waals surface area (Å²) in [5.41, 5.74) is 7.63. The molecule has 3 aromatic rings. The fourth-order valence-corrected chi connectivity index (χ4v) is 4.05. The van der Waals surface area contributed by atoms with Crippen LogP contribution in [0.4, 0.5) is 11.4 Å². The second-order valence-electron chi connectivity index (χ2n) is 6.63. The number of non-ortho nitro benzene ring substituents is 1. The number of nitro benzene ring substituents is 1. The highest BCUT2D eigenvalue weighted by Crippen LogP contribution is 2.31. The Morgan fingerprint density at radius 2 is 2.06 bits per heavy atom. The van der Waals surface area contributed by atoms with E-state index >= 15 is 0 Å². The summed E-state index contributed by atoms with van der Waals surface area (Å²) in [6.45, 7) is 0. The number of rotatable bonds is 5. The van der Waals surface area contributed by atoms with Gasteiger partial charge in [0.1, 0.15) is 5.25 Å². The van der Waals surface area contributed by atoms with Gasteiger partial charge in [0, 0.05) is 41.2 Å². The van der Waals surface area contributed by atoms with Gasteiger partial charge in [-0.05, 0) is 12.1 Å². The number of carbonyl (C=O) groups excluding carboxylic acids is 2. The number of H-pyrrole nitrogens is 1. The van der Waals surface area contributed by atoms with Crippen LogP contribution < -0.4 is 10.6 Å². The van der Waals surface area contributed by atoms with Gasteiger partial charge in [0.2, 0.25) is 11.8 Å². The fourth-order valence-electron chi connectivity index (χ4n) is 3.23. The Bertz CT molecular complexity index is 1250. The third-order valence-corrected chi connectivity index (χ3v) is 5.62. The van der Waals surface area contributed by atoms with Gasteiger partial charge in [0.25, 0.3) is 5.69 Å². The lowest BCUT2D eigenvalue weighted by atomic mass is 10.2. The average Bonchev–Trinajstić information content (AvgIpc) is 3.28. The lowest BCUT2D eigenvalue weighted by molar-refractivity contribution is -0.384. The molecule has 1 saturated heterocycles. The average molecular weight is 436 g/mol. The third kappa shape index (κ3) is 4.16. The minimum absolute atomic E-state index is 0.0307. The van der Waals surface area contributed by atoms with Gasteiger partial charge in [-0.3, -0.25) is 19.7 Å². The Hall–Kier alpha value is -3.99. The Balaban J connectivity index is 1.45. The number of carbonyl (C=O) groups is 2. The summed E-state index contributed by atoms with van der Waals surface area (Å²) in [5, 5.41) is 19.1. The summed E-state index contributed by atoms with van der Waals surface area (Å²) in [5.74, 6) is -0.965. The molecule has 31 heavy (non-hydrogen) atoms. The van der Waals surface area contributed by atoms with Crippen LogP contribution in [0.1, 0.15) is 12.0 Å². The van der Waals surface area contributed by atoms with Crippen molar-refractivity contribution in [1.29, 1.82) is 0 Å². The first-order valence-electron chi connectivity index (χ1n) is 9.14. The van der Waals surface area contributed by atoms with Gasteiger partial charge in [0.15, 0.2) is 5.17 Å². The van der Waals surface area contributed by atoms with Crippen molar-refractivity contribution in [3.05, 3.63) is 70.4 Å². The number of hydrogen-bond acceptors (Lipinski definition) is 7. The summed E-state index contributed by atoms with van der Waals surface area (Å²) in [4.78, 5) is 39.5. The topological polar surface area (TPSA) is 147 Å². The number of hydrogen-bond donors (Lipinski definition) is 2. The molecule has 1 aliphatic heterocycles. The number of nitrogens with one attached hydrogen (secondary N) is 1. The predicted octanol–water partition coefficient (Wildman–Crippen LogP) is 2.79. The molecule has 156 valence electrons. The van der Waals surface area contributed by atoms with Crippen LogP contribution in [0.25, 0.3) is 10.9 Å². The summed E-state index contributed by atoms with van der Waals surface area (Å²) in [7, 11) is 0. The predicted molar refractivity (Wildman–Crippen MR) is 119 cm³/mol. The Morgan fingerprint density at radius 3 is 2.87 bits per heavy atom. The summed E-state index contributed by atoms with van der Waals surface area (Å²) >= 11 is 0.929. The van der Waals surface area contributed by atoms with Gasteiger partial charge in [0.05, 0.1) is 16.8 Å². The van der Waals surface area contributed by atoms with Gasteiger partial charge >= 0.3 is 0 Å². The molecule has 11 heteroatoms. The van der Waals surface area contributed by atoms with E-state index < -0.39 is 22.0 Å². The van der Waals surface area contributed by atoms with Crippen molar-refractivity contribution in [1.82, 2.24) is 4.98 Å². The fraction of sp³-hybridized carbons (Fsp3) is 0.100. The van der Waals surface area contributed by atoms with Crippen molar-refractivity contribution in [3.63, 3.8) is 0 Å². The molecule has 3 N–H and O–H groups in total. The number of thioether (sulfide) groups is 1. The number of nitrogens with zero attached hydrogens (tertiary/aromatic N) is 4. The van der Waals surface area contributed by atoms with E-state index in [1.807, 2.05) is 24.3 Å². The van der Waals surface area contributed by atoms with Crippen LogP contribution in [0.3, 0.4) is 0 Å². The molecule has 10 nitrogen and oxygen atoms in total. The molecule has 2 heterocycles. The largest absolute Gasteiger partial charge is 0.377 e. The normalized spacial score (nSPS) is 17.2. The maximum atomic E-state index is 12.7. The first-order chi connectivity index (χ1) is 14.9. The van der Waals surface area contributed by atoms with Crippen molar-refractivity contribution >= 4 is 57.2 Å². The second-order valence-corrected chi connectivity index (χ2v) is 7.85. The smallest absolute Gasteiger partial charge is 0.271 e. The molecule has 1 unspecified atom stereocenters. The number of aromatic amines is 1. The molecule has 2 aromatic carbocycles. The van der Waals surface area contributed by atoms with Crippen LogP contribution in [-0.4, -0.2) is 38.4 Å². The quantitative estimate of drug-likeness (QED) is 0.207. The van der Waals surface area contributed by atoms with Crippen molar-refractivity contribution in [2.24, 2.45) is 15.9 Å². The van der Waals surface area contributed by atoms with E-state index in [1.54, 1.807) is 12.4 Å². The lowest BCUT2D eigenvalue weighted by Gasteiger charge is -2.14. The molecule has 0 spiro atoms. The van der Waals surface area contributed by atoms with Crippen molar-refractivity contribution in [2.45, 2.75) is 11.7 Å². The molecule has 0 saturated carbocycles. The molecular formula is C20H16N6O4S. The highest BCUT2D eigenvalue weighted by molar-refractivity contribution is 8.14. The standard InChI is InChI=1S/C20H16N6O4S/c21-20(24-23-11-12-10-22-16-7-2-1-6-15(12)16)31-17-9-18(27)25(19(17)28)13-4-3-5-14(8-13)26(29)30/h1-8,10-11,17,22H,9H2,(H2,21,24). The third-order valence-electron chi connectivity index (χ3n) is 4.64. The van der Waals surface area contributed by atoms with Crippen molar-refractivity contribution in [2.75, 3.05) is 4.90 Å². The van der Waals surface area contributed by atoms with Crippen LogP contribution >= 0.6 is 11.8 Å². The molecule has 4 rings (SSSR count). The van der Waals surface area contributed by atoms with Crippen LogP contribution in [0, 0.1) is 10.1 Å². The highest BCUT2D eigenvalue weighted by atomic mass is 32.2. The van der Waals surface area contributed by atoms with Gasteiger partial charge in [-0.2, -0.15) is 5.10 Å². The zero-order valence-electron chi connectivity index (χ0n) is 16.0. The molecule has 0 aliphatic carbocycles. The second kappa shape index (κ2) is 8.40. The van der Waals surface area contributed by atoms with E-state index in [9.17, 15) is 19.7 Å². The van der Waals surface area contributed by atoms with E-state index in [4.69, 9.17) is 5.73 Å². The SMILES string of the molecule is NC(=NN=Cc1c[nH]c2ccccc12)SC1CC(=O)N(c2cccc([N+](=O)[O-])c2)C1=O. The molecule has 0 bridgehead atoms. The summed E-state index contributed by atoms with van der Waals surface area (Å²) in [6, 6.07) is 13.1. The summed E-state index contributed by atoms with van der Waals surface area (Å²) in [6.07, 6.45) is 3.25. The number of nitro groups is 1. The number of aromatic nitrogens is 1.